The van der Waals surface area contributed by atoms with Crippen LogP contribution in [0.15, 0.2) is 12.1 Å². The molecule has 0 fully saturated rings. The van der Waals surface area contributed by atoms with Gasteiger partial charge in [0.25, 0.3) is 5.91 Å². The average molecular weight is 392 g/mol. The Balaban J connectivity index is 2.81. The summed E-state index contributed by atoms with van der Waals surface area (Å²) in [6, 6.07) is 2.86. The van der Waals surface area contributed by atoms with E-state index < -0.39 is 9.84 Å². The van der Waals surface area contributed by atoms with Crippen molar-refractivity contribution in [2.45, 2.75) is 13.8 Å². The quantitative estimate of drug-likeness (QED) is 0.585. The normalized spacial score (nSPS) is 11.6. The molecule has 0 atom stereocenters. The van der Waals surface area contributed by atoms with E-state index in [1.54, 1.807) is 0 Å². The first-order chi connectivity index (χ1) is 11.7. The molecule has 0 aliphatic rings. The van der Waals surface area contributed by atoms with Gasteiger partial charge in [0.05, 0.1) is 22.0 Å². The van der Waals surface area contributed by atoms with Crippen LogP contribution in [0.2, 0.25) is 5.02 Å². The summed E-state index contributed by atoms with van der Waals surface area (Å²) in [4.78, 5) is 14.6. The SMILES string of the molecule is CCN(CC)CCNC(=O)c1cc(Cl)c(N)cc1OCCS(C)(=O)=O. The van der Waals surface area contributed by atoms with E-state index in [0.717, 1.165) is 25.9 Å². The van der Waals surface area contributed by atoms with Gasteiger partial charge in [0.1, 0.15) is 12.4 Å². The van der Waals surface area contributed by atoms with E-state index in [9.17, 15) is 13.2 Å². The molecule has 9 heteroatoms. The van der Waals surface area contributed by atoms with E-state index in [4.69, 9.17) is 22.1 Å². The Morgan fingerprint density at radius 3 is 2.52 bits per heavy atom. The number of carbonyl (C=O) groups excluding carboxylic acids is 1. The van der Waals surface area contributed by atoms with Crippen LogP contribution >= 0.6 is 11.6 Å². The Bertz CT molecular complexity index is 691. The number of ether oxygens (including phenoxy) is 1. The minimum atomic E-state index is -3.16. The lowest BCUT2D eigenvalue weighted by Gasteiger charge is -2.18. The van der Waals surface area contributed by atoms with Crippen molar-refractivity contribution in [1.29, 1.82) is 0 Å². The predicted octanol–water partition coefficient (Wildman–Crippen LogP) is 1.42. The highest BCUT2D eigenvalue weighted by Gasteiger charge is 2.16. The number of halogens is 1. The van der Waals surface area contributed by atoms with E-state index in [2.05, 4.69) is 24.1 Å². The molecule has 0 aromatic heterocycles. The zero-order valence-electron chi connectivity index (χ0n) is 14.8. The van der Waals surface area contributed by atoms with Crippen molar-refractivity contribution in [1.82, 2.24) is 10.2 Å². The van der Waals surface area contributed by atoms with Gasteiger partial charge in [0, 0.05) is 25.4 Å². The van der Waals surface area contributed by atoms with Crippen molar-refractivity contribution in [3.05, 3.63) is 22.7 Å². The predicted molar refractivity (Wildman–Crippen MR) is 101 cm³/mol. The fourth-order valence-corrected chi connectivity index (χ4v) is 2.68. The van der Waals surface area contributed by atoms with Crippen molar-refractivity contribution in [3.8, 4) is 5.75 Å². The van der Waals surface area contributed by atoms with Crippen LogP contribution in [-0.2, 0) is 9.84 Å². The second kappa shape index (κ2) is 9.84. The first-order valence-corrected chi connectivity index (χ1v) is 10.5. The first kappa shape index (κ1) is 21.5. The van der Waals surface area contributed by atoms with Crippen LogP contribution in [0.1, 0.15) is 24.2 Å². The number of amides is 1. The average Bonchev–Trinajstić information content (AvgIpc) is 2.53. The summed E-state index contributed by atoms with van der Waals surface area (Å²) < 4.78 is 27.9. The van der Waals surface area contributed by atoms with E-state index in [0.29, 0.717) is 6.54 Å². The minimum Gasteiger partial charge on any atom is -0.492 e. The number of nitrogen functional groups attached to an aromatic ring is 1. The van der Waals surface area contributed by atoms with Crippen LogP contribution in [0.4, 0.5) is 5.69 Å². The molecule has 0 saturated heterocycles. The molecular weight excluding hydrogens is 366 g/mol. The summed E-state index contributed by atoms with van der Waals surface area (Å²) >= 11 is 6.00. The minimum absolute atomic E-state index is 0.0698. The number of nitrogens with zero attached hydrogens (tertiary/aromatic N) is 1. The summed E-state index contributed by atoms with van der Waals surface area (Å²) in [6.07, 6.45) is 1.12. The number of nitrogens with two attached hydrogens (primary N) is 1. The summed E-state index contributed by atoms with van der Waals surface area (Å²) in [7, 11) is -3.16. The Hall–Kier alpha value is -1.51. The van der Waals surface area contributed by atoms with Gasteiger partial charge >= 0.3 is 0 Å². The summed E-state index contributed by atoms with van der Waals surface area (Å²) in [6.45, 7) is 7.05. The molecule has 0 unspecified atom stereocenters. The number of nitrogens with one attached hydrogen (secondary N) is 1. The summed E-state index contributed by atoms with van der Waals surface area (Å²) in [5, 5.41) is 3.05. The third kappa shape index (κ3) is 7.50. The van der Waals surface area contributed by atoms with Crippen molar-refractivity contribution >= 4 is 33.0 Å². The fraction of sp³-hybridized carbons (Fsp3) is 0.562. The molecule has 1 aromatic rings. The first-order valence-electron chi connectivity index (χ1n) is 8.08. The molecule has 0 saturated carbocycles. The van der Waals surface area contributed by atoms with Gasteiger partial charge in [-0.05, 0) is 19.2 Å². The number of hydrogen-bond acceptors (Lipinski definition) is 6. The monoisotopic (exact) mass is 391 g/mol. The molecule has 7 nitrogen and oxygen atoms in total. The van der Waals surface area contributed by atoms with Gasteiger partial charge in [-0.15, -0.1) is 0 Å². The van der Waals surface area contributed by atoms with Crippen LogP contribution in [0.25, 0.3) is 0 Å². The van der Waals surface area contributed by atoms with E-state index in [1.165, 1.54) is 12.1 Å². The topological polar surface area (TPSA) is 102 Å². The van der Waals surface area contributed by atoms with Crippen molar-refractivity contribution in [2.75, 3.05) is 50.5 Å². The molecule has 0 radical (unpaired) electrons. The fourth-order valence-electron chi connectivity index (χ4n) is 2.13. The lowest BCUT2D eigenvalue weighted by atomic mass is 10.1. The third-order valence-corrected chi connectivity index (χ3v) is 4.90. The Morgan fingerprint density at radius 1 is 1.32 bits per heavy atom. The van der Waals surface area contributed by atoms with Crippen LogP contribution in [0.3, 0.4) is 0 Å². The largest absolute Gasteiger partial charge is 0.492 e. The number of hydrogen-bond donors (Lipinski definition) is 2. The second-order valence-electron chi connectivity index (χ2n) is 5.63. The molecule has 0 aliphatic carbocycles. The van der Waals surface area contributed by atoms with Crippen molar-refractivity contribution in [3.63, 3.8) is 0 Å². The van der Waals surface area contributed by atoms with Gasteiger partial charge in [0.15, 0.2) is 9.84 Å². The molecule has 142 valence electrons. The van der Waals surface area contributed by atoms with Gasteiger partial charge in [-0.2, -0.15) is 0 Å². The Labute approximate surface area is 154 Å². The van der Waals surface area contributed by atoms with E-state index in [1.807, 2.05) is 0 Å². The van der Waals surface area contributed by atoms with Crippen LogP contribution in [-0.4, -0.2) is 64.0 Å². The molecule has 0 bridgehead atoms. The van der Waals surface area contributed by atoms with Gasteiger partial charge in [0.2, 0.25) is 0 Å². The van der Waals surface area contributed by atoms with E-state index in [-0.39, 0.29) is 40.3 Å². The molecule has 0 heterocycles. The third-order valence-electron chi connectivity index (χ3n) is 3.66. The highest BCUT2D eigenvalue weighted by atomic mass is 35.5. The maximum Gasteiger partial charge on any atom is 0.255 e. The second-order valence-corrected chi connectivity index (χ2v) is 8.30. The molecule has 1 aromatic carbocycles. The van der Waals surface area contributed by atoms with Crippen LogP contribution < -0.4 is 15.8 Å². The van der Waals surface area contributed by atoms with Gasteiger partial charge in [-0.25, -0.2) is 8.42 Å². The smallest absolute Gasteiger partial charge is 0.255 e. The number of anilines is 1. The van der Waals surface area contributed by atoms with Crippen molar-refractivity contribution < 1.29 is 17.9 Å². The highest BCUT2D eigenvalue weighted by molar-refractivity contribution is 7.90. The number of likely N-dealkylation sites (N-methyl/N-ethyl adjacent to an activating group) is 1. The van der Waals surface area contributed by atoms with Crippen molar-refractivity contribution in [2.24, 2.45) is 0 Å². The van der Waals surface area contributed by atoms with Crippen LogP contribution in [0.5, 0.6) is 5.75 Å². The molecule has 0 spiro atoms. The summed E-state index contributed by atoms with van der Waals surface area (Å²) in [5.41, 5.74) is 6.24. The zero-order valence-corrected chi connectivity index (χ0v) is 16.4. The zero-order chi connectivity index (χ0) is 19.0. The standard InChI is InChI=1S/C16H26ClN3O4S/c1-4-20(5-2)7-6-19-16(21)12-10-13(17)14(18)11-15(12)24-8-9-25(3,22)23/h10-11H,4-9,18H2,1-3H3,(H,19,21). The lowest BCUT2D eigenvalue weighted by molar-refractivity contribution is 0.0945. The maximum atomic E-state index is 12.4. The Kier molecular flexibility index (Phi) is 8.47. The molecule has 0 aliphatic heterocycles. The van der Waals surface area contributed by atoms with Gasteiger partial charge in [-0.3, -0.25) is 4.79 Å². The van der Waals surface area contributed by atoms with Gasteiger partial charge in [-0.1, -0.05) is 25.4 Å². The summed E-state index contributed by atoms with van der Waals surface area (Å²) in [5.74, 6) is -0.284. The molecular formula is C16H26ClN3O4S. The number of sulfone groups is 1. The molecule has 1 amide bonds. The molecule has 25 heavy (non-hydrogen) atoms. The lowest BCUT2D eigenvalue weighted by Crippen LogP contribution is -2.35. The molecule has 3 N–H and O–H groups in total. The van der Waals surface area contributed by atoms with Gasteiger partial charge < -0.3 is 20.7 Å². The Morgan fingerprint density at radius 2 is 1.96 bits per heavy atom. The van der Waals surface area contributed by atoms with E-state index >= 15 is 0 Å². The number of rotatable bonds is 10. The molecule has 1 rings (SSSR count). The number of carbonyl (C=O) groups is 1. The van der Waals surface area contributed by atoms with Crippen LogP contribution in [0, 0.1) is 0 Å². The highest BCUT2D eigenvalue weighted by Crippen LogP contribution is 2.29. The number of benzene rings is 1. The maximum absolute atomic E-state index is 12.4.